The number of hydrogen-bond donors (Lipinski definition) is 0. The molecule has 0 spiro atoms. The Morgan fingerprint density at radius 1 is 0.352 bits per heavy atom. The molecular formula is C92H83Cl4F3N18O8. The first-order chi connectivity index (χ1) is 60.7. The Hall–Kier alpha value is -12.3. The maximum atomic E-state index is 14.8. The molecule has 125 heavy (non-hydrogen) atoms. The summed E-state index contributed by atoms with van der Waals surface area (Å²) in [5.41, 5.74) is 4.99. The molecule has 12 fully saturated rings. The fraction of sp³-hybridized carbons (Fsp3) is 0.326. The van der Waals surface area contributed by atoms with E-state index in [-0.39, 0.29) is 95.1 Å². The van der Waals surface area contributed by atoms with E-state index in [0.29, 0.717) is 132 Å². The van der Waals surface area contributed by atoms with Gasteiger partial charge in [-0.05, 0) is 193 Å². The van der Waals surface area contributed by atoms with Crippen molar-refractivity contribution in [1.29, 1.82) is 0 Å². The number of ether oxygens (including phenoxy) is 4. The predicted octanol–water partition coefficient (Wildman–Crippen LogP) is 16.9. The third kappa shape index (κ3) is 19.5. The van der Waals surface area contributed by atoms with Crippen LogP contribution < -0.4 is 18.9 Å². The SMILES string of the molecule is Cc1ccc(-c2ncccn2)c(C(=O)N2CC3CCC2C(Oc2ccc(Cl)cn2)C3)n1.Cc1cnc(-c2ncccn2)c(C(=O)N2CC3CCC2C(Oc2ccc(Cl)cn2)C3)c1.O=C(c1cccc(F)c1-c1ncc(F)cn1)N1CC2CCC1C(Oc1ccc(Cl)cn1)C2.O=C(c1ccccc1-c1ncc(F)cn1)N1CC2CCC1C(Oc1ccc(Cl)cn1)C2. The minimum atomic E-state index is -0.637. The third-order valence-electron chi connectivity index (χ3n) is 24.0. The molecule has 4 saturated carbocycles. The molecule has 8 saturated heterocycles. The number of piperidine rings is 8. The molecule has 0 radical (unpaired) electrons. The van der Waals surface area contributed by atoms with Crippen LogP contribution in [0.15, 0.2) is 202 Å². The quantitative estimate of drug-likeness (QED) is 0.0868. The Morgan fingerprint density at radius 2 is 0.736 bits per heavy atom. The molecule has 8 bridgehead atoms. The van der Waals surface area contributed by atoms with Gasteiger partial charge in [0.05, 0.1) is 96.9 Å². The van der Waals surface area contributed by atoms with E-state index in [0.717, 1.165) is 120 Å². The van der Waals surface area contributed by atoms with Gasteiger partial charge in [0.1, 0.15) is 41.6 Å². The van der Waals surface area contributed by atoms with Gasteiger partial charge >= 0.3 is 0 Å². The number of aromatic nitrogens is 14. The number of pyridine rings is 6. The Kier molecular flexibility index (Phi) is 25.8. The second-order valence-corrected chi connectivity index (χ2v) is 34.0. The van der Waals surface area contributed by atoms with Crippen LogP contribution >= 0.6 is 46.4 Å². The van der Waals surface area contributed by atoms with Crippen LogP contribution in [0.2, 0.25) is 20.1 Å². The molecule has 12 aliphatic rings. The highest BCUT2D eigenvalue weighted by Crippen LogP contribution is 2.44. The van der Waals surface area contributed by atoms with E-state index >= 15 is 0 Å². The number of hydrogen-bond acceptors (Lipinski definition) is 22. The summed E-state index contributed by atoms with van der Waals surface area (Å²) in [4.78, 5) is 121. The molecule has 4 aliphatic carbocycles. The van der Waals surface area contributed by atoms with Crippen LogP contribution in [-0.4, -0.2) is 188 Å². The zero-order valence-electron chi connectivity index (χ0n) is 67.8. The van der Waals surface area contributed by atoms with Gasteiger partial charge in [-0.15, -0.1) is 0 Å². The number of halogens is 7. The standard InChI is InChI=1S/C23H19ClF2N4O2.C23H20ClFN4O2.2C23H22ClN5O2/c24-14-5-7-20(27-9-14)32-19-8-13-4-6-18(19)30(12-13)23(31)16-2-1-3-17(26)21(16)22-28-10-15(25)11-29-22;24-15-6-8-21(26-10-15)31-20-9-14-5-7-19(20)29(13-14)23(30)18-4-2-1-3-17(18)22-27-11-16(25)12-28-22;1-14-3-6-17(22-25-9-2-10-26-22)21(28-14)23(30)29-13-15-4-7-18(29)19(11-15)31-20-8-5-16(24)12-27-20;1-14-9-17(21(28-11-14)22-25-7-2-8-26-22)23(30)29-13-15-3-5-18(29)19(10-15)31-20-6-4-16(24)12-27-20/h1-3,5,7,9-11,13,18-19H,4,6,8,12H2;1-4,6,8,10-12,14,19-20H,5,7,9,13H2;2-3,5-6,8-10,12,15,18-19H,4,7,11,13H2,1H3;2,4,6-9,11-12,15,18-19H,3,5,10,13H2,1H3. The number of aryl methyl sites for hydroxylation is 2. The van der Waals surface area contributed by atoms with Gasteiger partial charge in [-0.3, -0.25) is 24.2 Å². The van der Waals surface area contributed by atoms with Crippen molar-refractivity contribution in [3.63, 3.8) is 0 Å². The van der Waals surface area contributed by atoms with Gasteiger partial charge < -0.3 is 38.5 Å². The molecule has 18 heterocycles. The highest BCUT2D eigenvalue weighted by Gasteiger charge is 2.50. The van der Waals surface area contributed by atoms with Crippen molar-refractivity contribution in [2.24, 2.45) is 23.7 Å². The Morgan fingerprint density at radius 3 is 1.16 bits per heavy atom. The third-order valence-corrected chi connectivity index (χ3v) is 24.9. The number of amides is 4. The summed E-state index contributed by atoms with van der Waals surface area (Å²) in [5, 5.41) is 2.20. The van der Waals surface area contributed by atoms with Crippen molar-refractivity contribution in [2.45, 2.75) is 139 Å². The lowest BCUT2D eigenvalue weighted by Gasteiger charge is -2.49. The van der Waals surface area contributed by atoms with E-state index in [1.807, 2.05) is 58.9 Å². The van der Waals surface area contributed by atoms with E-state index < -0.39 is 17.5 Å². The second kappa shape index (κ2) is 38.0. The zero-order valence-corrected chi connectivity index (χ0v) is 70.8. The van der Waals surface area contributed by atoms with Crippen LogP contribution in [0.4, 0.5) is 13.2 Å². The lowest BCUT2D eigenvalue weighted by atomic mass is 9.77. The number of rotatable bonds is 16. The van der Waals surface area contributed by atoms with Gasteiger partial charge in [0.15, 0.2) is 34.9 Å². The average molecular weight is 1770 g/mol. The van der Waals surface area contributed by atoms with E-state index in [2.05, 4.69) is 69.8 Å². The fourth-order valence-corrected chi connectivity index (χ4v) is 18.7. The number of nitrogens with zero attached hydrogens (tertiary/aromatic N) is 18. The van der Waals surface area contributed by atoms with Crippen molar-refractivity contribution >= 4 is 70.0 Å². The molecule has 8 aliphatic heterocycles. The molecule has 10 aromatic heterocycles. The predicted molar refractivity (Wildman–Crippen MR) is 458 cm³/mol. The molecule has 33 heteroatoms. The topological polar surface area (TPSA) is 299 Å². The molecule has 0 N–H and O–H groups in total. The summed E-state index contributed by atoms with van der Waals surface area (Å²) < 4.78 is 66.0. The van der Waals surface area contributed by atoms with E-state index in [4.69, 9.17) is 65.4 Å². The van der Waals surface area contributed by atoms with Crippen LogP contribution in [0.1, 0.15) is 130 Å². The molecule has 4 amide bonds. The summed E-state index contributed by atoms with van der Waals surface area (Å²) in [6.45, 7) is 6.50. The monoisotopic (exact) mass is 1760 g/mol. The summed E-state index contributed by atoms with van der Waals surface area (Å²) in [6, 6.07) is 34.3. The van der Waals surface area contributed by atoms with E-state index in [1.54, 1.807) is 133 Å². The van der Waals surface area contributed by atoms with Crippen LogP contribution in [0.3, 0.4) is 0 Å². The van der Waals surface area contributed by atoms with Crippen molar-refractivity contribution in [2.75, 3.05) is 26.2 Å². The lowest BCUT2D eigenvalue weighted by molar-refractivity contribution is -0.0315. The number of carbonyl (C=O) groups excluding carboxylic acids is 4. The Labute approximate surface area is 737 Å². The number of carbonyl (C=O) groups is 4. The molecule has 2 aromatic carbocycles. The summed E-state index contributed by atoms with van der Waals surface area (Å²) in [6.07, 6.45) is 29.5. The van der Waals surface area contributed by atoms with Crippen molar-refractivity contribution in [3.05, 3.63) is 273 Å². The largest absolute Gasteiger partial charge is 0.472 e. The maximum absolute atomic E-state index is 14.8. The summed E-state index contributed by atoms with van der Waals surface area (Å²) in [7, 11) is 0. The number of benzene rings is 2. The summed E-state index contributed by atoms with van der Waals surface area (Å²) >= 11 is 23.7. The first kappa shape index (κ1) is 84.9. The molecule has 12 atom stereocenters. The van der Waals surface area contributed by atoms with Gasteiger partial charge in [-0.1, -0.05) is 70.7 Å². The molecule has 12 unspecified atom stereocenters. The van der Waals surface area contributed by atoms with Gasteiger partial charge in [-0.2, -0.15) is 0 Å². The smallest absolute Gasteiger partial charge is 0.273 e. The van der Waals surface area contributed by atoms with Crippen molar-refractivity contribution in [1.82, 2.24) is 89.4 Å². The molecule has 638 valence electrons. The molecule has 12 aromatic rings. The van der Waals surface area contributed by atoms with Crippen molar-refractivity contribution < 1.29 is 51.3 Å². The van der Waals surface area contributed by atoms with Gasteiger partial charge in [0, 0.05) is 117 Å². The Balaban J connectivity index is 0.000000118. The van der Waals surface area contributed by atoms with E-state index in [9.17, 15) is 32.3 Å². The Bertz CT molecular complexity index is 5670. The molecule has 24 rings (SSSR count). The minimum Gasteiger partial charge on any atom is -0.472 e. The molecule has 26 nitrogen and oxygen atoms in total. The maximum Gasteiger partial charge on any atom is 0.273 e. The first-order valence-electron chi connectivity index (χ1n) is 41.4. The lowest BCUT2D eigenvalue weighted by Crippen LogP contribution is -2.59. The van der Waals surface area contributed by atoms with Gasteiger partial charge in [0.25, 0.3) is 23.6 Å². The van der Waals surface area contributed by atoms with Crippen LogP contribution in [0.5, 0.6) is 23.5 Å². The van der Waals surface area contributed by atoms with Crippen LogP contribution in [0.25, 0.3) is 45.7 Å². The zero-order chi connectivity index (χ0) is 86.4. The van der Waals surface area contributed by atoms with Crippen LogP contribution in [0, 0.1) is 55.0 Å². The highest BCUT2D eigenvalue weighted by molar-refractivity contribution is 6.31. The highest BCUT2D eigenvalue weighted by atomic mass is 35.5. The van der Waals surface area contributed by atoms with Gasteiger partial charge in [0.2, 0.25) is 23.5 Å². The van der Waals surface area contributed by atoms with Crippen molar-refractivity contribution in [3.8, 4) is 69.2 Å². The first-order valence-corrected chi connectivity index (χ1v) is 42.9. The minimum absolute atomic E-state index is 0.0139. The second-order valence-electron chi connectivity index (χ2n) is 32.3. The number of fused-ring (bicyclic) bond motifs is 12. The molecular weight excluding hydrogens is 1680 g/mol. The van der Waals surface area contributed by atoms with Gasteiger partial charge in [-0.25, -0.2) is 78.0 Å². The fourth-order valence-electron chi connectivity index (χ4n) is 18.3. The van der Waals surface area contributed by atoms with Crippen LogP contribution in [-0.2, 0) is 0 Å². The van der Waals surface area contributed by atoms with E-state index in [1.165, 1.54) is 18.3 Å². The normalized spacial score (nSPS) is 22.3. The average Bonchev–Trinajstić information content (AvgIpc) is 0.773. The summed E-state index contributed by atoms with van der Waals surface area (Å²) in [5.74, 6) is 2.37.